The molecule has 0 spiro atoms. The second-order valence-corrected chi connectivity index (χ2v) is 13.5. The first-order valence-corrected chi connectivity index (χ1v) is 16.5. The van der Waals surface area contributed by atoms with E-state index in [0.29, 0.717) is 27.5 Å². The van der Waals surface area contributed by atoms with Crippen LogP contribution in [0.3, 0.4) is 0 Å². The van der Waals surface area contributed by atoms with Crippen molar-refractivity contribution in [3.8, 4) is 11.4 Å². The molecule has 0 aliphatic carbocycles. The summed E-state index contributed by atoms with van der Waals surface area (Å²) in [5, 5.41) is 13.7. The van der Waals surface area contributed by atoms with E-state index in [1.54, 1.807) is 12.1 Å². The first kappa shape index (κ1) is 29.2. The van der Waals surface area contributed by atoms with Crippen LogP contribution in [0.1, 0.15) is 11.1 Å². The molecule has 0 radical (unpaired) electrons. The largest absolute Gasteiger partial charge is 0.295 e. The highest BCUT2D eigenvalue weighted by molar-refractivity contribution is 7.86. The number of benzene rings is 4. The molecule has 4 aromatic carbocycles. The molecule has 0 amide bonds. The van der Waals surface area contributed by atoms with Crippen LogP contribution >= 0.6 is 0 Å². The van der Waals surface area contributed by atoms with Crippen LogP contribution in [0.15, 0.2) is 94.1 Å². The van der Waals surface area contributed by atoms with Gasteiger partial charge in [0.1, 0.15) is 33.5 Å². The highest BCUT2D eigenvalue weighted by Crippen LogP contribution is 2.28. The molecule has 0 fully saturated rings. The highest BCUT2D eigenvalue weighted by atomic mass is 32.2. The molecule has 44 heavy (non-hydrogen) atoms. The summed E-state index contributed by atoms with van der Waals surface area (Å²) >= 11 is 0. The van der Waals surface area contributed by atoms with E-state index < -0.39 is 40.1 Å². The van der Waals surface area contributed by atoms with Crippen LogP contribution in [0.5, 0.6) is 0 Å². The van der Waals surface area contributed by atoms with E-state index in [0.717, 1.165) is 16.9 Å². The zero-order valence-corrected chi connectivity index (χ0v) is 24.3. The van der Waals surface area contributed by atoms with Crippen molar-refractivity contribution in [2.24, 2.45) is 0 Å². The molecule has 15 nitrogen and oxygen atoms in total. The summed E-state index contributed by atoms with van der Waals surface area (Å²) in [6.45, 7) is 0. The molecule has 3 N–H and O–H groups in total. The third-order valence-corrected chi connectivity index (χ3v) is 9.21. The second-order valence-electron chi connectivity index (χ2n) is 9.35. The van der Waals surface area contributed by atoms with Crippen LogP contribution < -0.4 is 0 Å². The Hall–Kier alpha value is -4.85. The fraction of sp³-hybridized carbons (Fsp3) is 0. The lowest BCUT2D eigenvalue weighted by molar-refractivity contribution is 0.480. The van der Waals surface area contributed by atoms with Crippen LogP contribution in [0.25, 0.3) is 45.3 Å². The maximum atomic E-state index is 12.4. The predicted molar refractivity (Wildman–Crippen MR) is 156 cm³/mol. The average molecular weight is 655 g/mol. The third-order valence-electron chi connectivity index (χ3n) is 6.54. The Morgan fingerprint density at radius 2 is 1.30 bits per heavy atom. The van der Waals surface area contributed by atoms with Gasteiger partial charge in [-0.05, 0) is 59.0 Å². The van der Waals surface area contributed by atoms with E-state index in [1.807, 2.05) is 0 Å². The molecule has 2 heterocycles. The van der Waals surface area contributed by atoms with Gasteiger partial charge >= 0.3 is 0 Å². The van der Waals surface area contributed by atoms with Crippen molar-refractivity contribution in [1.29, 1.82) is 0 Å². The molecule has 2 aromatic heterocycles. The first-order valence-electron chi connectivity index (χ1n) is 12.2. The lowest BCUT2D eigenvalue weighted by Gasteiger charge is -2.08. The van der Waals surface area contributed by atoms with Crippen molar-refractivity contribution in [3.63, 3.8) is 0 Å². The Balaban J connectivity index is 1.41. The molecule has 6 rings (SSSR count). The van der Waals surface area contributed by atoms with Gasteiger partial charge in [0.2, 0.25) is 0 Å². The molecule has 6 aromatic rings. The summed E-state index contributed by atoms with van der Waals surface area (Å²) in [4.78, 5) is 3.61. The molecule has 18 heteroatoms. The summed E-state index contributed by atoms with van der Waals surface area (Å²) in [6, 6.07) is 15.1. The molecule has 0 bridgehead atoms. The zero-order chi connectivity index (χ0) is 31.4. The van der Waals surface area contributed by atoms with Gasteiger partial charge in [-0.3, -0.25) is 13.7 Å². The van der Waals surface area contributed by atoms with Gasteiger partial charge in [0, 0.05) is 5.39 Å². The smallest absolute Gasteiger partial charge is 0.282 e. The van der Waals surface area contributed by atoms with Crippen molar-refractivity contribution >= 4 is 64.3 Å². The number of hydrogen-bond donors (Lipinski definition) is 3. The summed E-state index contributed by atoms with van der Waals surface area (Å²) in [6.07, 6.45) is 5.08. The molecule has 0 atom stereocenters. The highest BCUT2D eigenvalue weighted by Gasteiger charge is 2.19. The molecule has 0 aliphatic heterocycles. The van der Waals surface area contributed by atoms with Crippen LogP contribution in [0.4, 0.5) is 0 Å². The number of rotatable bonds is 7. The number of fused-ring (bicyclic) bond motifs is 3. The van der Waals surface area contributed by atoms with E-state index in [9.17, 15) is 38.9 Å². The first-order chi connectivity index (χ1) is 20.7. The fourth-order valence-corrected chi connectivity index (χ4v) is 6.44. The van der Waals surface area contributed by atoms with Crippen LogP contribution in [-0.2, 0) is 30.4 Å². The normalized spacial score (nSPS) is 12.9. The van der Waals surface area contributed by atoms with Crippen molar-refractivity contribution in [3.05, 3.63) is 90.5 Å². The Bertz CT molecular complexity index is 2470. The van der Waals surface area contributed by atoms with Crippen LogP contribution in [0, 0.1) is 0 Å². The summed E-state index contributed by atoms with van der Waals surface area (Å²) in [5.41, 5.74) is 1.18. The van der Waals surface area contributed by atoms with Crippen LogP contribution in [-0.4, -0.2) is 68.7 Å². The Labute approximate surface area is 249 Å². The van der Waals surface area contributed by atoms with Gasteiger partial charge in [0.25, 0.3) is 30.4 Å². The Kier molecular flexibility index (Phi) is 6.91. The minimum atomic E-state index is -4.81. The third kappa shape index (κ3) is 5.60. The van der Waals surface area contributed by atoms with E-state index in [4.69, 9.17) is 0 Å². The number of hydrogen-bond acceptors (Lipinski definition) is 10. The Morgan fingerprint density at radius 3 is 1.89 bits per heavy atom. The van der Waals surface area contributed by atoms with Crippen molar-refractivity contribution in [1.82, 2.24) is 29.8 Å². The quantitative estimate of drug-likeness (QED) is 0.166. The molecular formula is C26H18N6O9S3. The van der Waals surface area contributed by atoms with E-state index in [2.05, 4.69) is 20.3 Å². The minimum Gasteiger partial charge on any atom is -0.282 e. The molecule has 224 valence electrons. The standard InChI is InChI=1S/C26H18N6O9S3/c33-42(34,35)21-8-9-22-18(11-21)5-10-23-26(22)30-32(29-23)20-7-4-17(25(13-20)44(39,40)41)2-1-16-3-6-19(31-15-27-14-28-31)12-24(16)43(36,37)38/h1-15H,(H,33,34,35)(H,36,37,38)(H,39,40,41)/b2-1+. The van der Waals surface area contributed by atoms with Gasteiger partial charge in [0.05, 0.1) is 16.3 Å². The Morgan fingerprint density at radius 1 is 0.659 bits per heavy atom. The average Bonchev–Trinajstić information content (AvgIpc) is 3.65. The maximum absolute atomic E-state index is 12.4. The molecule has 0 unspecified atom stereocenters. The van der Waals surface area contributed by atoms with Gasteiger partial charge in [-0.15, -0.1) is 10.2 Å². The van der Waals surface area contributed by atoms with Gasteiger partial charge in [-0.1, -0.05) is 36.4 Å². The predicted octanol–water partition coefficient (Wildman–Crippen LogP) is 3.06. The SMILES string of the molecule is O=S(=O)(O)c1ccc2c(ccc3nn(-c4ccc(/C=C/c5ccc(-n6cncn6)cc5S(=O)(=O)O)c(S(=O)(=O)O)c4)nc32)c1. The van der Waals surface area contributed by atoms with E-state index in [1.165, 1.54) is 72.0 Å². The minimum absolute atomic E-state index is 0.0159. The lowest BCUT2D eigenvalue weighted by Crippen LogP contribution is -2.05. The van der Waals surface area contributed by atoms with Gasteiger partial charge < -0.3 is 0 Å². The second kappa shape index (κ2) is 10.4. The number of nitrogens with zero attached hydrogens (tertiary/aromatic N) is 6. The summed E-state index contributed by atoms with van der Waals surface area (Å²) in [5.74, 6) is 0. The van der Waals surface area contributed by atoms with Crippen molar-refractivity contribution in [2.75, 3.05) is 0 Å². The molecule has 0 saturated carbocycles. The summed E-state index contributed by atoms with van der Waals surface area (Å²) in [7, 11) is -14.0. The monoisotopic (exact) mass is 654 g/mol. The topological polar surface area (TPSA) is 225 Å². The zero-order valence-electron chi connectivity index (χ0n) is 21.9. The molecular weight excluding hydrogens is 637 g/mol. The van der Waals surface area contributed by atoms with Gasteiger partial charge in [0.15, 0.2) is 0 Å². The van der Waals surface area contributed by atoms with E-state index in [-0.39, 0.29) is 21.7 Å². The molecule has 0 aliphatic rings. The lowest BCUT2D eigenvalue weighted by atomic mass is 10.1. The van der Waals surface area contributed by atoms with Crippen molar-refractivity contribution < 1.29 is 38.9 Å². The summed E-state index contributed by atoms with van der Waals surface area (Å²) < 4.78 is 102. The van der Waals surface area contributed by atoms with Gasteiger partial charge in [-0.25, -0.2) is 9.67 Å². The molecule has 0 saturated heterocycles. The fourth-order valence-electron chi connectivity index (χ4n) is 4.52. The number of aromatic nitrogens is 6. The van der Waals surface area contributed by atoms with Crippen LogP contribution in [0.2, 0.25) is 0 Å². The van der Waals surface area contributed by atoms with Gasteiger partial charge in [-0.2, -0.15) is 35.1 Å². The van der Waals surface area contributed by atoms with Crippen molar-refractivity contribution in [2.45, 2.75) is 14.7 Å². The maximum Gasteiger partial charge on any atom is 0.295 e. The van der Waals surface area contributed by atoms with E-state index >= 15 is 0 Å².